The van der Waals surface area contributed by atoms with Crippen LogP contribution in [0.15, 0.2) is 190 Å². The first-order valence-corrected chi connectivity index (χ1v) is 17.3. The molecule has 1 aliphatic heterocycles. The van der Waals surface area contributed by atoms with Crippen molar-refractivity contribution in [2.45, 2.75) is 6.17 Å². The lowest BCUT2D eigenvalue weighted by Crippen LogP contribution is -2.33. The Labute approximate surface area is 295 Å². The number of amidine groups is 2. The molecule has 10 rings (SSSR count). The number of hydrogen-bond donors (Lipinski definition) is 1. The lowest BCUT2D eigenvalue weighted by Gasteiger charge is -2.24. The molecule has 0 amide bonds. The maximum absolute atomic E-state index is 6.69. The monoisotopic (exact) mass is 653 g/mol. The molecule has 1 N–H and O–H groups in total. The van der Waals surface area contributed by atoms with E-state index in [1.54, 1.807) is 0 Å². The van der Waals surface area contributed by atoms with E-state index < -0.39 is 0 Å². The van der Waals surface area contributed by atoms with Crippen LogP contribution in [-0.4, -0.2) is 11.7 Å². The molecule has 2 heterocycles. The minimum atomic E-state index is -0.342. The maximum Gasteiger partial charge on any atom is 0.160 e. The van der Waals surface area contributed by atoms with E-state index in [1.165, 1.54) is 27.3 Å². The first kappa shape index (κ1) is 29.2. The Morgan fingerprint density at radius 2 is 1.08 bits per heavy atom. The van der Waals surface area contributed by atoms with Crippen molar-refractivity contribution < 1.29 is 4.42 Å². The van der Waals surface area contributed by atoms with E-state index in [-0.39, 0.29) is 6.17 Å². The normalized spacial score (nSPS) is 14.5. The highest BCUT2D eigenvalue weighted by Crippen LogP contribution is 2.39. The molecule has 0 bridgehead atoms. The summed E-state index contributed by atoms with van der Waals surface area (Å²) in [5.74, 6) is 1.45. The van der Waals surface area contributed by atoms with Gasteiger partial charge in [0.1, 0.15) is 23.2 Å². The number of aliphatic imine (C=N–C) groups is 2. The van der Waals surface area contributed by atoms with Gasteiger partial charge in [0, 0.05) is 27.5 Å². The highest BCUT2D eigenvalue weighted by molar-refractivity contribution is 6.23. The summed E-state index contributed by atoms with van der Waals surface area (Å²) in [6, 6.07) is 61.7. The number of nitrogens with zero attached hydrogens (tertiary/aromatic N) is 2. The molecule has 1 aliphatic rings. The van der Waals surface area contributed by atoms with E-state index in [4.69, 9.17) is 14.4 Å². The van der Waals surface area contributed by atoms with Crippen LogP contribution in [0.4, 0.5) is 0 Å². The Morgan fingerprint density at radius 1 is 0.471 bits per heavy atom. The molecule has 9 aromatic rings. The molecule has 1 unspecified atom stereocenters. The molecule has 0 fully saturated rings. The zero-order chi connectivity index (χ0) is 33.7. The van der Waals surface area contributed by atoms with Gasteiger partial charge in [-0.25, -0.2) is 9.98 Å². The highest BCUT2D eigenvalue weighted by atomic mass is 16.3. The fourth-order valence-corrected chi connectivity index (χ4v) is 7.33. The van der Waals surface area contributed by atoms with Crippen LogP contribution in [0.5, 0.6) is 0 Å². The van der Waals surface area contributed by atoms with Crippen LogP contribution >= 0.6 is 0 Å². The van der Waals surface area contributed by atoms with Crippen LogP contribution in [0.3, 0.4) is 0 Å². The van der Waals surface area contributed by atoms with Gasteiger partial charge in [-0.15, -0.1) is 0 Å². The molecule has 1 aromatic heterocycles. The Morgan fingerprint density at radius 3 is 1.84 bits per heavy atom. The molecule has 51 heavy (non-hydrogen) atoms. The van der Waals surface area contributed by atoms with Crippen LogP contribution < -0.4 is 5.32 Å². The van der Waals surface area contributed by atoms with E-state index in [0.717, 1.165) is 61.0 Å². The number of hydrogen-bond acceptors (Lipinski definition) is 4. The number of furan rings is 1. The first-order chi connectivity index (χ1) is 25.2. The van der Waals surface area contributed by atoms with E-state index in [9.17, 15) is 0 Å². The van der Waals surface area contributed by atoms with E-state index in [0.29, 0.717) is 5.84 Å². The van der Waals surface area contributed by atoms with Gasteiger partial charge in [0.25, 0.3) is 0 Å². The number of para-hydroxylation sites is 1. The zero-order valence-electron chi connectivity index (χ0n) is 27.6. The van der Waals surface area contributed by atoms with Gasteiger partial charge in [0.15, 0.2) is 5.84 Å². The Bertz CT molecular complexity index is 2830. The summed E-state index contributed by atoms with van der Waals surface area (Å²) in [4.78, 5) is 10.5. The van der Waals surface area contributed by atoms with E-state index >= 15 is 0 Å². The topological polar surface area (TPSA) is 49.9 Å². The number of nitrogens with one attached hydrogen (secondary N) is 1. The van der Waals surface area contributed by atoms with Gasteiger partial charge in [0.2, 0.25) is 0 Å². The van der Waals surface area contributed by atoms with Crippen LogP contribution in [0.25, 0.3) is 65.7 Å². The highest BCUT2D eigenvalue weighted by Gasteiger charge is 2.24. The third kappa shape index (κ3) is 5.17. The minimum absolute atomic E-state index is 0.342. The molecule has 8 aromatic carbocycles. The minimum Gasteiger partial charge on any atom is -0.455 e. The van der Waals surface area contributed by atoms with Gasteiger partial charge in [-0.05, 0) is 62.0 Å². The lowest BCUT2D eigenvalue weighted by atomic mass is 9.98. The average Bonchev–Trinajstić information content (AvgIpc) is 3.60. The smallest absolute Gasteiger partial charge is 0.160 e. The van der Waals surface area contributed by atoms with Crippen molar-refractivity contribution in [1.29, 1.82) is 0 Å². The molecule has 240 valence electrons. The molecule has 4 nitrogen and oxygen atoms in total. The molecule has 4 heteroatoms. The average molecular weight is 654 g/mol. The van der Waals surface area contributed by atoms with E-state index in [2.05, 4.69) is 163 Å². The Kier molecular flexibility index (Phi) is 6.85. The SMILES string of the molecule is c1ccc(-c2ccc(C3N=C(c4cccc5oc6c(-c7ccc8ccccc8c7)cccc6c45)N=C(c4ccc5ccccc5c4)N3)cc2)cc1. The summed E-state index contributed by atoms with van der Waals surface area (Å²) < 4.78 is 6.69. The standard InChI is InChI=1S/C47H31N3O/c1-2-10-30(11-3-1)33-20-24-34(25-21-33)45-48-46(38-27-23-32-13-5-7-15-36(32)29-38)50-47(49-45)41-18-9-19-42-43(41)40-17-8-16-39(44(40)51-42)37-26-22-31-12-4-6-14-35(31)28-37/h1-29,45H,(H,48,49,50). The summed E-state index contributed by atoms with van der Waals surface area (Å²) in [5.41, 5.74) is 9.20. The van der Waals surface area contributed by atoms with Gasteiger partial charge < -0.3 is 9.73 Å². The molecule has 0 saturated heterocycles. The van der Waals surface area contributed by atoms with Crippen molar-refractivity contribution in [3.63, 3.8) is 0 Å². The van der Waals surface area contributed by atoms with Crippen molar-refractivity contribution in [2.24, 2.45) is 9.98 Å². The summed E-state index contributed by atoms with van der Waals surface area (Å²) in [6.07, 6.45) is -0.342. The molecule has 0 aliphatic carbocycles. The molecule has 0 saturated carbocycles. The fraction of sp³-hybridized carbons (Fsp3) is 0.0213. The molecular weight excluding hydrogens is 623 g/mol. The van der Waals surface area contributed by atoms with Crippen LogP contribution in [0, 0.1) is 0 Å². The van der Waals surface area contributed by atoms with Crippen LogP contribution in [0.2, 0.25) is 0 Å². The predicted octanol–water partition coefficient (Wildman–Crippen LogP) is 11.7. The summed E-state index contributed by atoms with van der Waals surface area (Å²) in [6.45, 7) is 0. The number of fused-ring (bicyclic) bond motifs is 5. The zero-order valence-corrected chi connectivity index (χ0v) is 27.6. The quantitative estimate of drug-likeness (QED) is 0.201. The molecule has 1 atom stereocenters. The van der Waals surface area contributed by atoms with Crippen LogP contribution in [-0.2, 0) is 0 Å². The second-order valence-electron chi connectivity index (χ2n) is 13.0. The molecular formula is C47H31N3O. The molecule has 0 spiro atoms. The Balaban J connectivity index is 1.13. The van der Waals surface area contributed by atoms with Crippen molar-refractivity contribution >= 4 is 55.2 Å². The van der Waals surface area contributed by atoms with Gasteiger partial charge in [-0.2, -0.15) is 0 Å². The van der Waals surface area contributed by atoms with E-state index in [1.807, 2.05) is 18.2 Å². The van der Waals surface area contributed by atoms with Gasteiger partial charge in [-0.3, -0.25) is 0 Å². The van der Waals surface area contributed by atoms with Crippen molar-refractivity contribution in [1.82, 2.24) is 5.32 Å². The summed E-state index contributed by atoms with van der Waals surface area (Å²) >= 11 is 0. The van der Waals surface area contributed by atoms with Crippen molar-refractivity contribution in [3.05, 3.63) is 193 Å². The third-order valence-electron chi connectivity index (χ3n) is 9.92. The van der Waals surface area contributed by atoms with Crippen molar-refractivity contribution in [3.8, 4) is 22.3 Å². The predicted molar refractivity (Wildman–Crippen MR) is 211 cm³/mol. The maximum atomic E-state index is 6.69. The first-order valence-electron chi connectivity index (χ1n) is 17.3. The van der Waals surface area contributed by atoms with Crippen molar-refractivity contribution in [2.75, 3.05) is 0 Å². The summed E-state index contributed by atoms with van der Waals surface area (Å²) in [5, 5.41) is 10.5. The Hall–Kier alpha value is -6.78. The second-order valence-corrected chi connectivity index (χ2v) is 13.0. The molecule has 0 radical (unpaired) electrons. The van der Waals surface area contributed by atoms with Crippen LogP contribution in [0.1, 0.15) is 22.9 Å². The number of benzene rings is 8. The number of rotatable bonds is 5. The largest absolute Gasteiger partial charge is 0.455 e. The lowest BCUT2D eigenvalue weighted by molar-refractivity contribution is 0.669. The third-order valence-corrected chi connectivity index (χ3v) is 9.92. The second kappa shape index (κ2) is 12.0. The van der Waals surface area contributed by atoms with Gasteiger partial charge in [-0.1, -0.05) is 158 Å². The summed E-state index contributed by atoms with van der Waals surface area (Å²) in [7, 11) is 0. The van der Waals surface area contributed by atoms with Gasteiger partial charge in [0.05, 0.1) is 0 Å². The van der Waals surface area contributed by atoms with Gasteiger partial charge >= 0.3 is 0 Å². The fourth-order valence-electron chi connectivity index (χ4n) is 7.33.